The molecule has 4 heteroatoms. The van der Waals surface area contributed by atoms with Crippen molar-refractivity contribution in [2.75, 3.05) is 21.3 Å². The van der Waals surface area contributed by atoms with E-state index in [0.717, 1.165) is 28.2 Å². The van der Waals surface area contributed by atoms with Gasteiger partial charge in [0.2, 0.25) is 0 Å². The molecule has 0 unspecified atom stereocenters. The molecule has 1 aromatic carbocycles. The van der Waals surface area contributed by atoms with Crippen LogP contribution in [0.5, 0.6) is 17.2 Å². The highest BCUT2D eigenvalue weighted by Gasteiger charge is 2.20. The van der Waals surface area contributed by atoms with Gasteiger partial charge in [-0.25, -0.2) is 0 Å². The molecule has 1 aromatic rings. The Bertz CT molecular complexity index is 318. The van der Waals surface area contributed by atoms with Gasteiger partial charge >= 0.3 is 0 Å². The van der Waals surface area contributed by atoms with Crippen LogP contribution in [-0.2, 0) is 5.88 Å². The summed E-state index contributed by atoms with van der Waals surface area (Å²) in [5, 5.41) is 0. The standard InChI is InChI=1S/C12H17ClO3/c1-7-9(6-13)10(14-3)8(2)12(16-5)11(7)15-4/h6H2,1-5H3. The molecule has 0 spiro atoms. The number of benzene rings is 1. The highest BCUT2D eigenvalue weighted by Crippen LogP contribution is 2.43. The summed E-state index contributed by atoms with van der Waals surface area (Å²) in [4.78, 5) is 0. The highest BCUT2D eigenvalue weighted by atomic mass is 35.5. The molecule has 0 aliphatic rings. The van der Waals surface area contributed by atoms with Crippen molar-refractivity contribution in [3.8, 4) is 17.2 Å². The first-order valence-electron chi connectivity index (χ1n) is 4.96. The fourth-order valence-electron chi connectivity index (χ4n) is 1.91. The zero-order valence-corrected chi connectivity index (χ0v) is 11.1. The third-order valence-corrected chi connectivity index (χ3v) is 2.97. The highest BCUT2D eigenvalue weighted by molar-refractivity contribution is 6.17. The Kier molecular flexibility index (Phi) is 4.30. The van der Waals surface area contributed by atoms with Crippen molar-refractivity contribution < 1.29 is 14.2 Å². The molecule has 0 saturated carbocycles. The zero-order valence-electron chi connectivity index (χ0n) is 10.3. The molecule has 0 atom stereocenters. The molecule has 16 heavy (non-hydrogen) atoms. The number of alkyl halides is 1. The van der Waals surface area contributed by atoms with E-state index >= 15 is 0 Å². The predicted octanol–water partition coefficient (Wildman–Crippen LogP) is 3.07. The molecule has 0 aliphatic heterocycles. The van der Waals surface area contributed by atoms with Gasteiger partial charge in [-0.2, -0.15) is 0 Å². The molecule has 0 N–H and O–H groups in total. The molecular formula is C12H17ClO3. The Morgan fingerprint density at radius 1 is 0.812 bits per heavy atom. The average Bonchev–Trinajstić information content (AvgIpc) is 2.30. The second-order valence-corrected chi connectivity index (χ2v) is 3.73. The number of halogens is 1. The number of hydrogen-bond acceptors (Lipinski definition) is 3. The molecule has 0 heterocycles. The van der Waals surface area contributed by atoms with Gasteiger partial charge in [-0.1, -0.05) is 0 Å². The quantitative estimate of drug-likeness (QED) is 0.762. The van der Waals surface area contributed by atoms with Gasteiger partial charge in [-0.05, 0) is 13.8 Å². The van der Waals surface area contributed by atoms with Crippen molar-refractivity contribution in [2.45, 2.75) is 19.7 Å². The summed E-state index contributed by atoms with van der Waals surface area (Å²) in [7, 11) is 4.86. The van der Waals surface area contributed by atoms with Crippen LogP contribution >= 0.6 is 11.6 Å². The summed E-state index contributed by atoms with van der Waals surface area (Å²) in [5.41, 5.74) is 2.80. The number of rotatable bonds is 4. The van der Waals surface area contributed by atoms with E-state index in [-0.39, 0.29) is 0 Å². The molecule has 0 aromatic heterocycles. The molecule has 1 rings (SSSR count). The summed E-state index contributed by atoms with van der Waals surface area (Å²) >= 11 is 5.94. The SMILES string of the molecule is COc1c(C)c(OC)c(OC)c(C)c1CCl. The van der Waals surface area contributed by atoms with Crippen molar-refractivity contribution in [3.63, 3.8) is 0 Å². The second kappa shape index (κ2) is 5.30. The molecular weight excluding hydrogens is 228 g/mol. The first kappa shape index (κ1) is 13.0. The van der Waals surface area contributed by atoms with Gasteiger partial charge in [0.15, 0.2) is 11.5 Å². The first-order valence-corrected chi connectivity index (χ1v) is 5.49. The summed E-state index contributed by atoms with van der Waals surface area (Å²) in [6, 6.07) is 0. The minimum atomic E-state index is 0.385. The number of methoxy groups -OCH3 is 3. The Labute approximate surface area is 101 Å². The van der Waals surface area contributed by atoms with Gasteiger partial charge < -0.3 is 14.2 Å². The van der Waals surface area contributed by atoms with E-state index in [1.54, 1.807) is 21.3 Å². The summed E-state index contributed by atoms with van der Waals surface area (Å²) in [6.07, 6.45) is 0. The topological polar surface area (TPSA) is 27.7 Å². The van der Waals surface area contributed by atoms with Crippen LogP contribution in [0, 0.1) is 13.8 Å². The summed E-state index contributed by atoms with van der Waals surface area (Å²) in [6.45, 7) is 3.87. The molecule has 0 amide bonds. The van der Waals surface area contributed by atoms with Crippen molar-refractivity contribution in [1.29, 1.82) is 0 Å². The van der Waals surface area contributed by atoms with Crippen LogP contribution in [0.25, 0.3) is 0 Å². The zero-order chi connectivity index (χ0) is 12.3. The molecule has 3 nitrogen and oxygen atoms in total. The summed E-state index contributed by atoms with van der Waals surface area (Å²) in [5.74, 6) is 2.57. The lowest BCUT2D eigenvalue weighted by molar-refractivity contribution is 0.342. The monoisotopic (exact) mass is 244 g/mol. The van der Waals surface area contributed by atoms with Crippen LogP contribution in [0.4, 0.5) is 0 Å². The van der Waals surface area contributed by atoms with Crippen LogP contribution in [0.3, 0.4) is 0 Å². The Hall–Kier alpha value is -1.09. The van der Waals surface area contributed by atoms with E-state index in [1.165, 1.54) is 0 Å². The van der Waals surface area contributed by atoms with Crippen LogP contribution in [0.15, 0.2) is 0 Å². The lowest BCUT2D eigenvalue weighted by atomic mass is 10.0. The average molecular weight is 245 g/mol. The molecule has 0 saturated heterocycles. The third-order valence-electron chi connectivity index (χ3n) is 2.70. The molecule has 0 fully saturated rings. The van der Waals surface area contributed by atoms with Crippen LogP contribution in [0.2, 0.25) is 0 Å². The van der Waals surface area contributed by atoms with Crippen molar-refractivity contribution in [2.24, 2.45) is 0 Å². The van der Waals surface area contributed by atoms with Gasteiger partial charge in [0.1, 0.15) is 5.75 Å². The van der Waals surface area contributed by atoms with Crippen molar-refractivity contribution in [1.82, 2.24) is 0 Å². The third kappa shape index (κ3) is 1.92. The van der Waals surface area contributed by atoms with E-state index < -0.39 is 0 Å². The Balaban J connectivity index is 3.60. The maximum absolute atomic E-state index is 5.94. The number of ether oxygens (including phenoxy) is 3. The van der Waals surface area contributed by atoms with Gasteiger partial charge in [0.05, 0.1) is 27.2 Å². The smallest absolute Gasteiger partial charge is 0.167 e. The Morgan fingerprint density at radius 3 is 1.62 bits per heavy atom. The summed E-state index contributed by atoms with van der Waals surface area (Å²) < 4.78 is 16.1. The largest absolute Gasteiger partial charge is 0.496 e. The van der Waals surface area contributed by atoms with Gasteiger partial charge in [0.25, 0.3) is 0 Å². The fourth-order valence-corrected chi connectivity index (χ4v) is 2.23. The lowest BCUT2D eigenvalue weighted by Gasteiger charge is -2.19. The van der Waals surface area contributed by atoms with Crippen LogP contribution in [0.1, 0.15) is 16.7 Å². The van der Waals surface area contributed by atoms with Crippen molar-refractivity contribution >= 4 is 11.6 Å². The molecule has 0 bridgehead atoms. The minimum Gasteiger partial charge on any atom is -0.496 e. The Morgan fingerprint density at radius 2 is 1.25 bits per heavy atom. The predicted molar refractivity (Wildman–Crippen MR) is 65.1 cm³/mol. The van der Waals surface area contributed by atoms with E-state index in [4.69, 9.17) is 25.8 Å². The van der Waals surface area contributed by atoms with E-state index in [0.29, 0.717) is 11.6 Å². The van der Waals surface area contributed by atoms with Gasteiger partial charge in [-0.15, -0.1) is 11.6 Å². The van der Waals surface area contributed by atoms with Gasteiger partial charge in [0, 0.05) is 16.7 Å². The maximum atomic E-state index is 5.94. The minimum absolute atomic E-state index is 0.385. The van der Waals surface area contributed by atoms with Crippen molar-refractivity contribution in [3.05, 3.63) is 16.7 Å². The molecule has 0 radical (unpaired) electrons. The second-order valence-electron chi connectivity index (χ2n) is 3.46. The normalized spacial score (nSPS) is 10.1. The molecule has 90 valence electrons. The fraction of sp³-hybridized carbons (Fsp3) is 0.500. The number of hydrogen-bond donors (Lipinski definition) is 0. The maximum Gasteiger partial charge on any atom is 0.167 e. The van der Waals surface area contributed by atoms with E-state index in [1.807, 2.05) is 13.8 Å². The van der Waals surface area contributed by atoms with E-state index in [9.17, 15) is 0 Å². The van der Waals surface area contributed by atoms with Crippen LogP contribution in [-0.4, -0.2) is 21.3 Å². The first-order chi connectivity index (χ1) is 7.62. The van der Waals surface area contributed by atoms with Gasteiger partial charge in [-0.3, -0.25) is 0 Å². The van der Waals surface area contributed by atoms with E-state index in [2.05, 4.69) is 0 Å². The van der Waals surface area contributed by atoms with Crippen LogP contribution < -0.4 is 14.2 Å². The molecule has 0 aliphatic carbocycles. The lowest BCUT2D eigenvalue weighted by Crippen LogP contribution is -2.03.